The van der Waals surface area contributed by atoms with Crippen LogP contribution in [0.2, 0.25) is 0 Å². The van der Waals surface area contributed by atoms with Gasteiger partial charge in [-0.3, -0.25) is 4.79 Å². The first-order valence-corrected chi connectivity index (χ1v) is 5.14. The van der Waals surface area contributed by atoms with Gasteiger partial charge in [-0.15, -0.1) is 0 Å². The minimum atomic E-state index is -0.471. The second kappa shape index (κ2) is 5.12. The van der Waals surface area contributed by atoms with Crippen LogP contribution in [0.5, 0.6) is 0 Å². The molecule has 0 heterocycles. The average molecular weight is 257 g/mol. The van der Waals surface area contributed by atoms with Crippen molar-refractivity contribution in [2.24, 2.45) is 5.73 Å². The molecular formula is C10H13BrN2O. The highest BCUT2D eigenvalue weighted by atomic mass is 79.9. The SMILES string of the molecule is CNC(=O)[C@H](N)Cc1ccc(Br)cc1. The molecule has 0 saturated carbocycles. The molecule has 14 heavy (non-hydrogen) atoms. The average Bonchev–Trinajstić information content (AvgIpc) is 2.20. The van der Waals surface area contributed by atoms with E-state index in [-0.39, 0.29) is 5.91 Å². The molecule has 76 valence electrons. The van der Waals surface area contributed by atoms with Gasteiger partial charge >= 0.3 is 0 Å². The minimum absolute atomic E-state index is 0.132. The standard InChI is InChI=1S/C10H13BrN2O/c1-13-10(14)9(12)6-7-2-4-8(11)5-3-7/h2-5,9H,6,12H2,1H3,(H,13,14)/t9-/m1/s1. The van der Waals surface area contributed by atoms with Crippen LogP contribution in [0.25, 0.3) is 0 Å². The van der Waals surface area contributed by atoms with Gasteiger partial charge < -0.3 is 11.1 Å². The van der Waals surface area contributed by atoms with Crippen LogP contribution in [0.1, 0.15) is 5.56 Å². The molecule has 1 rings (SSSR count). The van der Waals surface area contributed by atoms with Crippen molar-refractivity contribution in [2.75, 3.05) is 7.05 Å². The zero-order chi connectivity index (χ0) is 10.6. The van der Waals surface area contributed by atoms with Crippen LogP contribution in [0.3, 0.4) is 0 Å². The molecule has 0 aliphatic rings. The minimum Gasteiger partial charge on any atom is -0.358 e. The van der Waals surface area contributed by atoms with Gasteiger partial charge in [0.1, 0.15) is 0 Å². The van der Waals surface area contributed by atoms with E-state index in [4.69, 9.17) is 5.73 Å². The van der Waals surface area contributed by atoms with Crippen LogP contribution in [-0.2, 0) is 11.2 Å². The Hall–Kier alpha value is -0.870. The van der Waals surface area contributed by atoms with Crippen LogP contribution in [0.4, 0.5) is 0 Å². The highest BCUT2D eigenvalue weighted by Gasteiger charge is 2.11. The maximum Gasteiger partial charge on any atom is 0.237 e. The van der Waals surface area contributed by atoms with Crippen molar-refractivity contribution >= 4 is 21.8 Å². The van der Waals surface area contributed by atoms with E-state index in [1.165, 1.54) is 0 Å². The van der Waals surface area contributed by atoms with Gasteiger partial charge in [-0.2, -0.15) is 0 Å². The summed E-state index contributed by atoms with van der Waals surface area (Å²) in [7, 11) is 1.59. The number of hydrogen-bond donors (Lipinski definition) is 2. The topological polar surface area (TPSA) is 55.1 Å². The molecule has 0 aromatic heterocycles. The molecule has 0 spiro atoms. The predicted octanol–water partition coefficient (Wildman–Crippen LogP) is 1.06. The van der Waals surface area contributed by atoms with E-state index in [0.717, 1.165) is 10.0 Å². The highest BCUT2D eigenvalue weighted by molar-refractivity contribution is 9.10. The molecule has 0 aliphatic carbocycles. The number of hydrogen-bond acceptors (Lipinski definition) is 2. The molecular weight excluding hydrogens is 244 g/mol. The summed E-state index contributed by atoms with van der Waals surface area (Å²) in [6.45, 7) is 0. The van der Waals surface area contributed by atoms with E-state index in [1.54, 1.807) is 7.05 Å². The summed E-state index contributed by atoms with van der Waals surface area (Å²) in [6, 6.07) is 7.30. The van der Waals surface area contributed by atoms with Crippen LogP contribution < -0.4 is 11.1 Å². The number of likely N-dealkylation sites (N-methyl/N-ethyl adjacent to an activating group) is 1. The molecule has 1 aromatic rings. The van der Waals surface area contributed by atoms with E-state index in [2.05, 4.69) is 21.2 Å². The quantitative estimate of drug-likeness (QED) is 0.850. The number of nitrogens with one attached hydrogen (secondary N) is 1. The van der Waals surface area contributed by atoms with Crippen LogP contribution in [-0.4, -0.2) is 19.0 Å². The smallest absolute Gasteiger partial charge is 0.237 e. The normalized spacial score (nSPS) is 12.2. The number of carbonyl (C=O) groups is 1. The Morgan fingerprint density at radius 3 is 2.57 bits per heavy atom. The Balaban J connectivity index is 2.60. The maximum atomic E-state index is 11.1. The van der Waals surface area contributed by atoms with Crippen molar-refractivity contribution in [1.29, 1.82) is 0 Å². The Kier molecular flexibility index (Phi) is 4.10. The van der Waals surface area contributed by atoms with Gasteiger partial charge in [0.05, 0.1) is 6.04 Å². The molecule has 0 bridgehead atoms. The zero-order valence-corrected chi connectivity index (χ0v) is 9.54. The first kappa shape index (κ1) is 11.2. The zero-order valence-electron chi connectivity index (χ0n) is 7.96. The first-order chi connectivity index (χ1) is 6.63. The summed E-state index contributed by atoms with van der Waals surface area (Å²) in [5, 5.41) is 2.52. The van der Waals surface area contributed by atoms with Crippen molar-refractivity contribution in [3.63, 3.8) is 0 Å². The highest BCUT2D eigenvalue weighted by Crippen LogP contribution is 2.11. The summed E-state index contributed by atoms with van der Waals surface area (Å²) >= 11 is 3.34. The maximum absolute atomic E-state index is 11.1. The van der Waals surface area contributed by atoms with Crippen LogP contribution in [0.15, 0.2) is 28.7 Å². The number of rotatable bonds is 3. The third-order valence-electron chi connectivity index (χ3n) is 1.95. The molecule has 0 unspecified atom stereocenters. The Bertz CT molecular complexity index is 310. The molecule has 0 saturated heterocycles. The van der Waals surface area contributed by atoms with Gasteiger partial charge in [-0.1, -0.05) is 28.1 Å². The lowest BCUT2D eigenvalue weighted by molar-refractivity contribution is -0.121. The van der Waals surface area contributed by atoms with Crippen molar-refractivity contribution in [2.45, 2.75) is 12.5 Å². The number of carbonyl (C=O) groups excluding carboxylic acids is 1. The van der Waals surface area contributed by atoms with Gasteiger partial charge in [0, 0.05) is 11.5 Å². The summed E-state index contributed by atoms with van der Waals surface area (Å²) in [5.74, 6) is -0.132. The molecule has 1 amide bonds. The fraction of sp³-hybridized carbons (Fsp3) is 0.300. The summed E-state index contributed by atoms with van der Waals surface area (Å²) in [5.41, 5.74) is 6.73. The summed E-state index contributed by atoms with van der Waals surface area (Å²) in [6.07, 6.45) is 0.562. The number of nitrogens with two attached hydrogens (primary N) is 1. The van der Waals surface area contributed by atoms with E-state index in [1.807, 2.05) is 24.3 Å². The monoisotopic (exact) mass is 256 g/mol. The van der Waals surface area contributed by atoms with Crippen molar-refractivity contribution in [1.82, 2.24) is 5.32 Å². The lowest BCUT2D eigenvalue weighted by atomic mass is 10.1. The van der Waals surface area contributed by atoms with Crippen molar-refractivity contribution < 1.29 is 4.79 Å². The molecule has 0 radical (unpaired) electrons. The van der Waals surface area contributed by atoms with Gasteiger partial charge in [-0.25, -0.2) is 0 Å². The van der Waals surface area contributed by atoms with Crippen molar-refractivity contribution in [3.8, 4) is 0 Å². The third-order valence-corrected chi connectivity index (χ3v) is 2.48. The van der Waals surface area contributed by atoms with E-state index < -0.39 is 6.04 Å². The second-order valence-corrected chi connectivity index (χ2v) is 3.97. The molecule has 0 aliphatic heterocycles. The molecule has 1 aromatic carbocycles. The number of benzene rings is 1. The van der Waals surface area contributed by atoms with E-state index in [0.29, 0.717) is 6.42 Å². The third kappa shape index (κ3) is 3.12. The van der Waals surface area contributed by atoms with Gasteiger partial charge in [-0.05, 0) is 24.1 Å². The summed E-state index contributed by atoms with van der Waals surface area (Å²) < 4.78 is 1.02. The fourth-order valence-electron chi connectivity index (χ4n) is 1.15. The van der Waals surface area contributed by atoms with E-state index >= 15 is 0 Å². The number of halogens is 1. The Labute approximate surface area is 91.8 Å². The molecule has 4 heteroatoms. The van der Waals surface area contributed by atoms with Gasteiger partial charge in [0.2, 0.25) is 5.91 Å². The van der Waals surface area contributed by atoms with Gasteiger partial charge in [0.15, 0.2) is 0 Å². The molecule has 1 atom stereocenters. The Morgan fingerprint density at radius 2 is 2.07 bits per heavy atom. The largest absolute Gasteiger partial charge is 0.358 e. The molecule has 3 nitrogen and oxygen atoms in total. The van der Waals surface area contributed by atoms with Gasteiger partial charge in [0.25, 0.3) is 0 Å². The lowest BCUT2D eigenvalue weighted by Crippen LogP contribution is -2.40. The molecule has 3 N–H and O–H groups in total. The lowest BCUT2D eigenvalue weighted by Gasteiger charge is -2.09. The molecule has 0 fully saturated rings. The predicted molar refractivity (Wildman–Crippen MR) is 59.9 cm³/mol. The van der Waals surface area contributed by atoms with Crippen LogP contribution >= 0.6 is 15.9 Å². The van der Waals surface area contributed by atoms with E-state index in [9.17, 15) is 4.79 Å². The Morgan fingerprint density at radius 1 is 1.50 bits per heavy atom. The fourth-order valence-corrected chi connectivity index (χ4v) is 1.42. The second-order valence-electron chi connectivity index (χ2n) is 3.05. The van der Waals surface area contributed by atoms with Crippen LogP contribution in [0, 0.1) is 0 Å². The van der Waals surface area contributed by atoms with Crippen molar-refractivity contribution in [3.05, 3.63) is 34.3 Å². The first-order valence-electron chi connectivity index (χ1n) is 4.35. The number of amides is 1. The summed E-state index contributed by atoms with van der Waals surface area (Å²) in [4.78, 5) is 11.1.